The van der Waals surface area contributed by atoms with Crippen molar-refractivity contribution in [1.82, 2.24) is 9.97 Å². The zero-order chi connectivity index (χ0) is 10.7. The van der Waals surface area contributed by atoms with Crippen LogP contribution in [0.3, 0.4) is 0 Å². The standard InChI is InChI=1S/C10H13Cl2N3/c11-7-8-6-9(12)14-10(13-8)15-4-2-1-3-5-15/h6H,1-5,7H2. The van der Waals surface area contributed by atoms with Crippen LogP contribution in [0.1, 0.15) is 25.0 Å². The van der Waals surface area contributed by atoms with Crippen LogP contribution in [-0.2, 0) is 5.88 Å². The predicted molar refractivity (Wildman–Crippen MR) is 62.7 cm³/mol. The lowest BCUT2D eigenvalue weighted by Crippen LogP contribution is -2.31. The molecule has 0 spiro atoms. The van der Waals surface area contributed by atoms with Crippen molar-refractivity contribution in [2.75, 3.05) is 18.0 Å². The largest absolute Gasteiger partial charge is 0.341 e. The SMILES string of the molecule is ClCc1cc(Cl)nc(N2CCCCC2)n1. The summed E-state index contributed by atoms with van der Waals surface area (Å²) in [5.41, 5.74) is 0.789. The molecule has 5 heteroatoms. The first-order valence-corrected chi connectivity index (χ1v) is 6.05. The van der Waals surface area contributed by atoms with Crippen LogP contribution in [0.5, 0.6) is 0 Å². The van der Waals surface area contributed by atoms with Gasteiger partial charge in [0, 0.05) is 13.1 Å². The molecule has 82 valence electrons. The molecule has 1 aromatic rings. The third-order valence-electron chi connectivity index (χ3n) is 2.51. The minimum Gasteiger partial charge on any atom is -0.341 e. The molecule has 15 heavy (non-hydrogen) atoms. The fourth-order valence-electron chi connectivity index (χ4n) is 1.75. The topological polar surface area (TPSA) is 29.0 Å². The van der Waals surface area contributed by atoms with Crippen molar-refractivity contribution in [3.05, 3.63) is 16.9 Å². The van der Waals surface area contributed by atoms with E-state index < -0.39 is 0 Å². The lowest BCUT2D eigenvalue weighted by Gasteiger charge is -2.26. The minimum absolute atomic E-state index is 0.378. The van der Waals surface area contributed by atoms with E-state index in [1.165, 1.54) is 19.3 Å². The molecule has 2 rings (SSSR count). The molecule has 1 aliphatic rings. The fourth-order valence-corrected chi connectivity index (χ4v) is 2.09. The van der Waals surface area contributed by atoms with Crippen LogP contribution in [0.25, 0.3) is 0 Å². The van der Waals surface area contributed by atoms with Gasteiger partial charge in [0.1, 0.15) is 5.15 Å². The lowest BCUT2D eigenvalue weighted by atomic mass is 10.1. The molecule has 1 aliphatic heterocycles. The molecule has 1 fully saturated rings. The highest BCUT2D eigenvalue weighted by molar-refractivity contribution is 6.29. The highest BCUT2D eigenvalue weighted by Crippen LogP contribution is 2.19. The minimum atomic E-state index is 0.378. The highest BCUT2D eigenvalue weighted by atomic mass is 35.5. The molecular formula is C10H13Cl2N3. The molecule has 0 unspecified atom stereocenters. The second-order valence-corrected chi connectivity index (χ2v) is 4.32. The number of anilines is 1. The quantitative estimate of drug-likeness (QED) is 0.593. The van der Waals surface area contributed by atoms with Gasteiger partial charge in [-0.2, -0.15) is 0 Å². The highest BCUT2D eigenvalue weighted by Gasteiger charge is 2.14. The normalized spacial score (nSPS) is 16.8. The molecule has 0 aromatic carbocycles. The third kappa shape index (κ3) is 2.73. The number of alkyl halides is 1. The second kappa shape index (κ2) is 4.99. The van der Waals surface area contributed by atoms with Crippen LogP contribution < -0.4 is 4.90 Å². The van der Waals surface area contributed by atoms with Gasteiger partial charge in [-0.25, -0.2) is 9.97 Å². The number of rotatable bonds is 2. The Morgan fingerprint density at radius 2 is 1.93 bits per heavy atom. The van der Waals surface area contributed by atoms with Gasteiger partial charge >= 0.3 is 0 Å². The van der Waals surface area contributed by atoms with Crippen molar-refractivity contribution in [2.45, 2.75) is 25.1 Å². The average molecular weight is 246 g/mol. The molecule has 0 radical (unpaired) electrons. The van der Waals surface area contributed by atoms with Gasteiger partial charge in [-0.05, 0) is 25.3 Å². The molecule has 0 bridgehead atoms. The van der Waals surface area contributed by atoms with Crippen molar-refractivity contribution in [3.8, 4) is 0 Å². The molecule has 2 heterocycles. The molecule has 1 aromatic heterocycles. The first-order valence-electron chi connectivity index (χ1n) is 5.14. The smallest absolute Gasteiger partial charge is 0.227 e. The van der Waals surface area contributed by atoms with Crippen molar-refractivity contribution < 1.29 is 0 Å². The summed E-state index contributed by atoms with van der Waals surface area (Å²) in [6, 6.07) is 1.71. The Morgan fingerprint density at radius 1 is 1.20 bits per heavy atom. The lowest BCUT2D eigenvalue weighted by molar-refractivity contribution is 0.567. The van der Waals surface area contributed by atoms with Crippen LogP contribution in [0.15, 0.2) is 6.07 Å². The number of nitrogens with zero attached hydrogens (tertiary/aromatic N) is 3. The summed E-state index contributed by atoms with van der Waals surface area (Å²) in [6.07, 6.45) is 3.69. The maximum absolute atomic E-state index is 5.91. The van der Waals surface area contributed by atoms with E-state index in [-0.39, 0.29) is 0 Å². The first kappa shape index (κ1) is 11.0. The van der Waals surface area contributed by atoms with Gasteiger partial charge in [-0.15, -0.1) is 11.6 Å². The first-order chi connectivity index (χ1) is 7.29. The molecule has 1 saturated heterocycles. The number of halogens is 2. The number of piperidine rings is 1. The van der Waals surface area contributed by atoms with E-state index in [1.807, 2.05) is 0 Å². The number of aromatic nitrogens is 2. The summed E-state index contributed by atoms with van der Waals surface area (Å²) < 4.78 is 0. The van der Waals surface area contributed by atoms with Crippen molar-refractivity contribution in [2.24, 2.45) is 0 Å². The third-order valence-corrected chi connectivity index (χ3v) is 2.98. The zero-order valence-electron chi connectivity index (χ0n) is 8.42. The van der Waals surface area contributed by atoms with Gasteiger partial charge in [-0.1, -0.05) is 11.6 Å². The number of hydrogen-bond donors (Lipinski definition) is 0. The summed E-state index contributed by atoms with van der Waals surface area (Å²) in [5, 5.41) is 0.473. The fraction of sp³-hybridized carbons (Fsp3) is 0.600. The molecular weight excluding hydrogens is 233 g/mol. The summed E-state index contributed by atoms with van der Waals surface area (Å²) in [7, 11) is 0. The van der Waals surface area contributed by atoms with E-state index in [9.17, 15) is 0 Å². The summed E-state index contributed by atoms with van der Waals surface area (Å²) in [4.78, 5) is 10.8. The zero-order valence-corrected chi connectivity index (χ0v) is 9.93. The second-order valence-electron chi connectivity index (χ2n) is 3.66. The summed E-state index contributed by atoms with van der Waals surface area (Å²) >= 11 is 11.7. The van der Waals surface area contributed by atoms with Gasteiger partial charge < -0.3 is 4.90 Å². The Balaban J connectivity index is 2.22. The van der Waals surface area contributed by atoms with E-state index in [4.69, 9.17) is 23.2 Å². The molecule has 0 amide bonds. The van der Waals surface area contributed by atoms with Crippen LogP contribution in [0, 0.1) is 0 Å². The van der Waals surface area contributed by atoms with E-state index in [2.05, 4.69) is 14.9 Å². The van der Waals surface area contributed by atoms with E-state index >= 15 is 0 Å². The maximum atomic E-state index is 5.91. The Labute approximate surface area is 99.4 Å². The van der Waals surface area contributed by atoms with Gasteiger partial charge in [0.25, 0.3) is 0 Å². The van der Waals surface area contributed by atoms with Crippen LogP contribution in [0.2, 0.25) is 5.15 Å². The van der Waals surface area contributed by atoms with Crippen LogP contribution in [-0.4, -0.2) is 23.1 Å². The van der Waals surface area contributed by atoms with Crippen LogP contribution in [0.4, 0.5) is 5.95 Å². The van der Waals surface area contributed by atoms with Gasteiger partial charge in [-0.3, -0.25) is 0 Å². The molecule has 0 saturated carbocycles. The van der Waals surface area contributed by atoms with Crippen molar-refractivity contribution in [1.29, 1.82) is 0 Å². The summed E-state index contributed by atoms with van der Waals surface area (Å²) in [5.74, 6) is 1.10. The molecule has 0 atom stereocenters. The van der Waals surface area contributed by atoms with Gasteiger partial charge in [0.15, 0.2) is 0 Å². The Hall–Kier alpha value is -0.540. The van der Waals surface area contributed by atoms with E-state index in [0.29, 0.717) is 11.0 Å². The molecule has 0 N–H and O–H groups in total. The molecule has 0 aliphatic carbocycles. The van der Waals surface area contributed by atoms with E-state index in [1.54, 1.807) is 6.07 Å². The average Bonchev–Trinajstić information content (AvgIpc) is 2.29. The molecule has 3 nitrogen and oxygen atoms in total. The number of hydrogen-bond acceptors (Lipinski definition) is 3. The Bertz CT molecular complexity index is 337. The van der Waals surface area contributed by atoms with E-state index in [0.717, 1.165) is 24.7 Å². The van der Waals surface area contributed by atoms with Gasteiger partial charge in [0.2, 0.25) is 5.95 Å². The predicted octanol–water partition coefficient (Wildman–Crippen LogP) is 2.86. The maximum Gasteiger partial charge on any atom is 0.227 e. The Kier molecular flexibility index (Phi) is 3.65. The van der Waals surface area contributed by atoms with Crippen molar-refractivity contribution in [3.63, 3.8) is 0 Å². The van der Waals surface area contributed by atoms with Crippen LogP contribution >= 0.6 is 23.2 Å². The Morgan fingerprint density at radius 3 is 2.60 bits per heavy atom. The monoisotopic (exact) mass is 245 g/mol. The van der Waals surface area contributed by atoms with Crippen molar-refractivity contribution >= 4 is 29.2 Å². The van der Waals surface area contributed by atoms with Gasteiger partial charge in [0.05, 0.1) is 11.6 Å². The summed E-state index contributed by atoms with van der Waals surface area (Å²) in [6.45, 7) is 2.03.